The Morgan fingerprint density at radius 3 is 2.69 bits per heavy atom. The summed E-state index contributed by atoms with van der Waals surface area (Å²) in [6.07, 6.45) is 0.341. The maximum atomic E-state index is 13.0. The van der Waals surface area contributed by atoms with Crippen LogP contribution in [0.25, 0.3) is 0 Å². The quantitative estimate of drug-likeness (QED) is 0.174. The maximum Gasteiger partial charge on any atom is 0.416 e. The average molecular weight is 583 g/mol. The molecule has 0 fully saturated rings. The van der Waals surface area contributed by atoms with Crippen molar-refractivity contribution < 1.29 is 32.2 Å². The highest BCUT2D eigenvalue weighted by Gasteiger charge is 2.31. The van der Waals surface area contributed by atoms with Crippen LogP contribution in [0.4, 0.5) is 18.2 Å². The summed E-state index contributed by atoms with van der Waals surface area (Å²) in [5, 5.41) is 12.1. The molecule has 39 heavy (non-hydrogen) atoms. The molecule has 1 amide bonds. The zero-order valence-electron chi connectivity index (χ0n) is 21.6. The molecule has 1 N–H and O–H groups in total. The van der Waals surface area contributed by atoms with Crippen molar-refractivity contribution in [3.63, 3.8) is 0 Å². The fourth-order valence-electron chi connectivity index (χ4n) is 4.30. The number of benzene rings is 1. The van der Waals surface area contributed by atoms with Gasteiger partial charge in [0, 0.05) is 11.4 Å². The summed E-state index contributed by atoms with van der Waals surface area (Å²) in [7, 11) is 0. The first-order valence-corrected chi connectivity index (χ1v) is 14.5. The van der Waals surface area contributed by atoms with Gasteiger partial charge >= 0.3 is 12.1 Å². The van der Waals surface area contributed by atoms with Gasteiger partial charge in [0.2, 0.25) is 5.91 Å². The smallest absolute Gasteiger partial charge is 0.416 e. The molecule has 3 aromatic rings. The number of hydrogen-bond donors (Lipinski definition) is 1. The number of ether oxygens (including phenoxy) is 2. The molecule has 0 radical (unpaired) electrons. The van der Waals surface area contributed by atoms with E-state index in [1.165, 1.54) is 35.2 Å². The Bertz CT molecular complexity index is 1320. The molecule has 8 nitrogen and oxygen atoms in total. The van der Waals surface area contributed by atoms with Crippen LogP contribution < -0.4 is 10.1 Å². The lowest BCUT2D eigenvalue weighted by Gasteiger charge is -2.11. The van der Waals surface area contributed by atoms with E-state index in [9.17, 15) is 22.8 Å². The number of hydrogen-bond acceptors (Lipinski definition) is 8. The van der Waals surface area contributed by atoms with E-state index in [4.69, 9.17) is 9.47 Å². The average Bonchev–Trinajstić information content (AvgIpc) is 3.37. The van der Waals surface area contributed by atoms with E-state index in [-0.39, 0.29) is 30.6 Å². The number of anilines is 1. The highest BCUT2D eigenvalue weighted by atomic mass is 32.2. The number of carbonyl (C=O) groups excluding carboxylic acids is 2. The van der Waals surface area contributed by atoms with Crippen molar-refractivity contribution in [3.05, 3.63) is 51.7 Å². The molecule has 2 heterocycles. The molecular formula is C26H29F3N4O4S2. The summed E-state index contributed by atoms with van der Waals surface area (Å²) in [6, 6.07) is 4.63. The summed E-state index contributed by atoms with van der Waals surface area (Å²) >= 11 is 2.61. The van der Waals surface area contributed by atoms with Crippen LogP contribution in [0.3, 0.4) is 0 Å². The molecule has 1 aliphatic carbocycles. The number of aryl methyl sites for hydroxylation is 1. The first kappa shape index (κ1) is 28.9. The van der Waals surface area contributed by atoms with Crippen molar-refractivity contribution in [1.29, 1.82) is 0 Å². The van der Waals surface area contributed by atoms with E-state index in [1.54, 1.807) is 11.5 Å². The van der Waals surface area contributed by atoms with Crippen molar-refractivity contribution in [2.45, 2.75) is 70.4 Å². The van der Waals surface area contributed by atoms with Gasteiger partial charge in [-0.05, 0) is 63.3 Å². The minimum absolute atomic E-state index is 0.0252. The normalized spacial score (nSPS) is 13.5. The molecule has 0 spiro atoms. The number of nitrogens with one attached hydrogen (secondary N) is 1. The van der Waals surface area contributed by atoms with Crippen molar-refractivity contribution in [2.75, 3.05) is 17.7 Å². The molecule has 2 aromatic heterocycles. The van der Waals surface area contributed by atoms with Crippen LogP contribution in [0, 0.1) is 0 Å². The Morgan fingerprint density at radius 2 is 1.95 bits per heavy atom. The van der Waals surface area contributed by atoms with Crippen LogP contribution in [-0.2, 0) is 41.7 Å². The van der Waals surface area contributed by atoms with Crippen molar-refractivity contribution in [1.82, 2.24) is 14.8 Å². The molecule has 0 saturated carbocycles. The Kier molecular flexibility index (Phi) is 9.54. The van der Waals surface area contributed by atoms with E-state index in [0.29, 0.717) is 28.1 Å². The molecule has 1 aliphatic rings. The van der Waals surface area contributed by atoms with E-state index in [2.05, 4.69) is 15.5 Å². The topological polar surface area (TPSA) is 95.3 Å². The molecule has 210 valence electrons. The molecule has 0 bridgehead atoms. The van der Waals surface area contributed by atoms with Gasteiger partial charge in [-0.25, -0.2) is 4.79 Å². The number of alkyl halides is 3. The molecule has 13 heteroatoms. The number of fused-ring (bicyclic) bond motifs is 1. The Balaban J connectivity index is 1.41. The van der Waals surface area contributed by atoms with Gasteiger partial charge < -0.3 is 19.4 Å². The van der Waals surface area contributed by atoms with Crippen LogP contribution >= 0.6 is 23.1 Å². The molecule has 0 unspecified atom stereocenters. The second kappa shape index (κ2) is 12.9. The van der Waals surface area contributed by atoms with Gasteiger partial charge in [0.05, 0.1) is 23.5 Å². The number of nitrogens with zero attached hydrogens (tertiary/aromatic N) is 3. The third-order valence-electron chi connectivity index (χ3n) is 6.13. The lowest BCUT2D eigenvalue weighted by molar-refractivity contribution is -0.137. The fraction of sp³-hybridized carbons (Fsp3) is 0.462. The SMILES string of the molecule is CCOC(=O)c1c(NC(=O)CSc2nnc(COc3cccc(C(F)(F)F)c3)n2CC)sc2c1CCCCC2. The van der Waals surface area contributed by atoms with Crippen molar-refractivity contribution in [2.24, 2.45) is 0 Å². The van der Waals surface area contributed by atoms with Gasteiger partial charge in [0.1, 0.15) is 17.4 Å². The third kappa shape index (κ3) is 7.13. The molecule has 1 aromatic carbocycles. The van der Waals surface area contributed by atoms with Crippen molar-refractivity contribution in [3.8, 4) is 5.75 Å². The van der Waals surface area contributed by atoms with Crippen LogP contribution in [0.5, 0.6) is 5.75 Å². The predicted octanol–water partition coefficient (Wildman–Crippen LogP) is 6.13. The highest BCUT2D eigenvalue weighted by molar-refractivity contribution is 7.99. The zero-order valence-corrected chi connectivity index (χ0v) is 23.2. The minimum Gasteiger partial charge on any atom is -0.486 e. The summed E-state index contributed by atoms with van der Waals surface area (Å²) in [5.74, 6) is -0.206. The number of thioether (sulfide) groups is 1. The lowest BCUT2D eigenvalue weighted by atomic mass is 10.1. The molecule has 0 aliphatic heterocycles. The first-order valence-electron chi connectivity index (χ1n) is 12.7. The van der Waals surface area contributed by atoms with Crippen LogP contribution in [0.2, 0.25) is 0 Å². The molecule has 0 atom stereocenters. The predicted molar refractivity (Wildman–Crippen MR) is 142 cm³/mol. The molecule has 0 saturated heterocycles. The Morgan fingerprint density at radius 1 is 1.15 bits per heavy atom. The largest absolute Gasteiger partial charge is 0.486 e. The number of amides is 1. The monoisotopic (exact) mass is 582 g/mol. The van der Waals surface area contributed by atoms with E-state index in [1.807, 2.05) is 6.92 Å². The molecule has 4 rings (SSSR count). The Hall–Kier alpha value is -3.06. The summed E-state index contributed by atoms with van der Waals surface area (Å²) in [6.45, 7) is 4.26. The van der Waals surface area contributed by atoms with Crippen molar-refractivity contribution >= 4 is 40.0 Å². The van der Waals surface area contributed by atoms with Gasteiger partial charge in [0.25, 0.3) is 0 Å². The number of halogens is 3. The highest BCUT2D eigenvalue weighted by Crippen LogP contribution is 2.38. The number of aromatic nitrogens is 3. The van der Waals surface area contributed by atoms with Crippen LogP contribution in [0.1, 0.15) is 65.3 Å². The zero-order chi connectivity index (χ0) is 28.0. The maximum absolute atomic E-state index is 13.0. The summed E-state index contributed by atoms with van der Waals surface area (Å²) in [4.78, 5) is 26.7. The van der Waals surface area contributed by atoms with Crippen LogP contribution in [0.15, 0.2) is 29.4 Å². The molecular weight excluding hydrogens is 553 g/mol. The second-order valence-electron chi connectivity index (χ2n) is 8.78. The standard InChI is InChI=1S/C26H29F3N4O4S2/c1-3-33-20(14-37-17-10-8-9-16(13-17)26(27,28)29)31-32-25(33)38-15-21(34)30-23-22(24(35)36-4-2)18-11-6-5-7-12-19(18)39-23/h8-10,13H,3-7,11-12,14-15H2,1-2H3,(H,30,34). The number of rotatable bonds is 10. The number of carbonyl (C=O) groups is 2. The summed E-state index contributed by atoms with van der Waals surface area (Å²) in [5.41, 5.74) is 0.644. The summed E-state index contributed by atoms with van der Waals surface area (Å²) < 4.78 is 51.5. The van der Waals surface area contributed by atoms with Gasteiger partial charge in [-0.2, -0.15) is 13.2 Å². The van der Waals surface area contributed by atoms with Gasteiger partial charge in [-0.15, -0.1) is 21.5 Å². The third-order valence-corrected chi connectivity index (χ3v) is 8.30. The Labute approximate surface area is 232 Å². The first-order chi connectivity index (χ1) is 18.7. The lowest BCUT2D eigenvalue weighted by Crippen LogP contribution is -2.17. The van der Waals surface area contributed by atoms with Gasteiger partial charge in [0.15, 0.2) is 11.0 Å². The van der Waals surface area contributed by atoms with E-state index in [0.717, 1.165) is 54.7 Å². The number of esters is 1. The van der Waals surface area contributed by atoms with Crippen LogP contribution in [-0.4, -0.2) is 39.0 Å². The van der Waals surface area contributed by atoms with Gasteiger partial charge in [-0.3, -0.25) is 4.79 Å². The fourth-order valence-corrected chi connectivity index (χ4v) is 6.42. The minimum atomic E-state index is -4.47. The number of thiophene rings is 1. The van der Waals surface area contributed by atoms with Gasteiger partial charge in [-0.1, -0.05) is 24.2 Å². The van der Waals surface area contributed by atoms with E-state index >= 15 is 0 Å². The second-order valence-corrected chi connectivity index (χ2v) is 10.8. The van der Waals surface area contributed by atoms with E-state index < -0.39 is 17.7 Å².